The van der Waals surface area contributed by atoms with Crippen LogP contribution in [0.3, 0.4) is 0 Å². The van der Waals surface area contributed by atoms with Crippen LogP contribution in [0.25, 0.3) is 16.2 Å². The SMILES string of the molecule is FC(F)(F)Oc1ccc(Cc2nc3c(-c4cncs4)nccn3n2)cc1. The van der Waals surface area contributed by atoms with Gasteiger partial charge >= 0.3 is 6.36 Å². The van der Waals surface area contributed by atoms with Gasteiger partial charge in [-0.05, 0) is 17.7 Å². The molecule has 0 aliphatic carbocycles. The molecule has 0 bridgehead atoms. The van der Waals surface area contributed by atoms with Crippen molar-refractivity contribution in [2.75, 3.05) is 0 Å². The molecule has 132 valence electrons. The number of aromatic nitrogens is 5. The van der Waals surface area contributed by atoms with Crippen LogP contribution in [-0.4, -0.2) is 30.9 Å². The summed E-state index contributed by atoms with van der Waals surface area (Å²) in [6.45, 7) is 0. The highest BCUT2D eigenvalue weighted by Crippen LogP contribution is 2.25. The monoisotopic (exact) mass is 377 g/mol. The summed E-state index contributed by atoms with van der Waals surface area (Å²) in [5, 5.41) is 4.40. The molecular weight excluding hydrogens is 367 g/mol. The van der Waals surface area contributed by atoms with Gasteiger partial charge in [-0.15, -0.1) is 24.5 Å². The lowest BCUT2D eigenvalue weighted by molar-refractivity contribution is -0.274. The van der Waals surface area contributed by atoms with Gasteiger partial charge in [-0.25, -0.2) is 14.5 Å². The third-order valence-electron chi connectivity index (χ3n) is 3.48. The van der Waals surface area contributed by atoms with E-state index in [0.29, 0.717) is 23.6 Å². The molecule has 0 N–H and O–H groups in total. The highest BCUT2D eigenvalue weighted by molar-refractivity contribution is 7.13. The molecule has 4 rings (SSSR count). The molecule has 3 heterocycles. The van der Waals surface area contributed by atoms with Crippen LogP contribution in [0.4, 0.5) is 13.2 Å². The van der Waals surface area contributed by atoms with Crippen molar-refractivity contribution in [1.29, 1.82) is 0 Å². The summed E-state index contributed by atoms with van der Waals surface area (Å²) in [6.07, 6.45) is 0.696. The molecule has 0 radical (unpaired) electrons. The first-order chi connectivity index (χ1) is 12.5. The molecule has 0 atom stereocenters. The Hall–Kier alpha value is -3.01. The second-order valence-corrected chi connectivity index (χ2v) is 6.19. The minimum atomic E-state index is -4.70. The van der Waals surface area contributed by atoms with Crippen LogP contribution in [-0.2, 0) is 6.42 Å². The lowest BCUT2D eigenvalue weighted by Crippen LogP contribution is -2.17. The van der Waals surface area contributed by atoms with Gasteiger partial charge in [0.05, 0.1) is 10.4 Å². The number of rotatable bonds is 4. The van der Waals surface area contributed by atoms with Crippen LogP contribution in [0.1, 0.15) is 11.4 Å². The topological polar surface area (TPSA) is 65.2 Å². The number of fused-ring (bicyclic) bond motifs is 1. The molecule has 10 heteroatoms. The third-order valence-corrected chi connectivity index (χ3v) is 4.26. The Balaban J connectivity index is 1.59. The number of hydrogen-bond acceptors (Lipinski definition) is 6. The van der Waals surface area contributed by atoms with Crippen LogP contribution in [0, 0.1) is 0 Å². The maximum absolute atomic E-state index is 12.2. The van der Waals surface area contributed by atoms with Crippen molar-refractivity contribution in [3.05, 3.63) is 59.8 Å². The lowest BCUT2D eigenvalue weighted by atomic mass is 10.1. The van der Waals surface area contributed by atoms with Gasteiger partial charge in [-0.3, -0.25) is 4.98 Å². The van der Waals surface area contributed by atoms with Crippen molar-refractivity contribution in [2.24, 2.45) is 0 Å². The summed E-state index contributed by atoms with van der Waals surface area (Å²) in [5.41, 5.74) is 3.76. The summed E-state index contributed by atoms with van der Waals surface area (Å²) >= 11 is 1.45. The zero-order valence-corrected chi connectivity index (χ0v) is 13.8. The molecule has 0 fully saturated rings. The number of ether oxygens (including phenoxy) is 1. The predicted octanol–water partition coefficient (Wildman–Crippen LogP) is 3.74. The Morgan fingerprint density at radius 2 is 1.96 bits per heavy atom. The highest BCUT2D eigenvalue weighted by Gasteiger charge is 2.30. The fourth-order valence-electron chi connectivity index (χ4n) is 2.43. The molecule has 3 aromatic heterocycles. The Bertz CT molecular complexity index is 1030. The van der Waals surface area contributed by atoms with Gasteiger partial charge in [-0.2, -0.15) is 5.10 Å². The summed E-state index contributed by atoms with van der Waals surface area (Å²) < 4.78 is 42.1. The van der Waals surface area contributed by atoms with E-state index in [0.717, 1.165) is 10.4 Å². The van der Waals surface area contributed by atoms with Gasteiger partial charge in [0.2, 0.25) is 0 Å². The van der Waals surface area contributed by atoms with Gasteiger partial charge in [0.1, 0.15) is 11.4 Å². The van der Waals surface area contributed by atoms with E-state index in [-0.39, 0.29) is 5.75 Å². The molecule has 26 heavy (non-hydrogen) atoms. The Kier molecular flexibility index (Phi) is 4.03. The predicted molar refractivity (Wildman–Crippen MR) is 87.8 cm³/mol. The summed E-state index contributed by atoms with van der Waals surface area (Å²) in [5.74, 6) is 0.272. The average molecular weight is 377 g/mol. The van der Waals surface area contributed by atoms with E-state index in [1.54, 1.807) is 40.7 Å². The van der Waals surface area contributed by atoms with Crippen LogP contribution in [0.5, 0.6) is 5.75 Å². The van der Waals surface area contributed by atoms with E-state index in [1.165, 1.54) is 23.5 Å². The molecule has 0 saturated carbocycles. The second kappa shape index (κ2) is 6.37. The van der Waals surface area contributed by atoms with Gasteiger partial charge in [0.15, 0.2) is 11.5 Å². The number of benzene rings is 1. The van der Waals surface area contributed by atoms with Crippen molar-refractivity contribution in [1.82, 2.24) is 24.6 Å². The van der Waals surface area contributed by atoms with E-state index < -0.39 is 6.36 Å². The largest absolute Gasteiger partial charge is 0.573 e. The minimum Gasteiger partial charge on any atom is -0.406 e. The average Bonchev–Trinajstić information content (AvgIpc) is 3.24. The van der Waals surface area contributed by atoms with Gasteiger partial charge < -0.3 is 4.74 Å². The summed E-state index contributed by atoms with van der Waals surface area (Å²) in [4.78, 5) is 13.8. The summed E-state index contributed by atoms with van der Waals surface area (Å²) in [7, 11) is 0. The molecule has 0 aliphatic heterocycles. The van der Waals surface area contributed by atoms with E-state index >= 15 is 0 Å². The van der Waals surface area contributed by atoms with Crippen molar-refractivity contribution in [3.8, 4) is 16.3 Å². The standard InChI is InChI=1S/C16H10F3N5OS/c17-16(18,19)25-11-3-1-10(2-4-11)7-13-22-15-14(12-8-20-9-26-12)21-5-6-24(15)23-13/h1-6,8-9H,7H2. The molecule has 0 aliphatic rings. The van der Waals surface area contributed by atoms with Crippen molar-refractivity contribution >= 4 is 17.0 Å². The zero-order valence-electron chi connectivity index (χ0n) is 13.0. The number of nitrogens with zero attached hydrogens (tertiary/aromatic N) is 5. The minimum absolute atomic E-state index is 0.263. The van der Waals surface area contributed by atoms with Crippen LogP contribution in [0.2, 0.25) is 0 Å². The first kappa shape index (κ1) is 16.5. The van der Waals surface area contributed by atoms with Crippen molar-refractivity contribution < 1.29 is 17.9 Å². The number of hydrogen-bond donors (Lipinski definition) is 0. The van der Waals surface area contributed by atoms with E-state index in [2.05, 4.69) is 24.8 Å². The van der Waals surface area contributed by atoms with Crippen LogP contribution < -0.4 is 4.74 Å². The number of halogens is 3. The second-order valence-electron chi connectivity index (χ2n) is 5.31. The first-order valence-electron chi connectivity index (χ1n) is 7.42. The molecule has 0 amide bonds. The number of thiazole rings is 1. The lowest BCUT2D eigenvalue weighted by Gasteiger charge is -2.08. The Morgan fingerprint density at radius 1 is 1.15 bits per heavy atom. The van der Waals surface area contributed by atoms with E-state index in [9.17, 15) is 13.2 Å². The fraction of sp³-hybridized carbons (Fsp3) is 0.125. The molecule has 1 aromatic carbocycles. The van der Waals surface area contributed by atoms with Crippen LogP contribution in [0.15, 0.2) is 48.4 Å². The zero-order chi connectivity index (χ0) is 18.1. The maximum atomic E-state index is 12.2. The quantitative estimate of drug-likeness (QED) is 0.542. The normalized spacial score (nSPS) is 11.8. The highest BCUT2D eigenvalue weighted by atomic mass is 32.1. The van der Waals surface area contributed by atoms with E-state index in [1.807, 2.05) is 0 Å². The smallest absolute Gasteiger partial charge is 0.406 e. The van der Waals surface area contributed by atoms with Gasteiger partial charge in [-0.1, -0.05) is 12.1 Å². The molecular formula is C16H10F3N5OS. The van der Waals surface area contributed by atoms with Gasteiger partial charge in [0, 0.05) is 25.0 Å². The molecule has 0 unspecified atom stereocenters. The number of alkyl halides is 3. The fourth-order valence-corrected chi connectivity index (χ4v) is 3.05. The molecule has 0 saturated heterocycles. The van der Waals surface area contributed by atoms with Gasteiger partial charge in [0.25, 0.3) is 0 Å². The van der Waals surface area contributed by atoms with E-state index in [4.69, 9.17) is 0 Å². The first-order valence-corrected chi connectivity index (χ1v) is 8.30. The van der Waals surface area contributed by atoms with Crippen molar-refractivity contribution in [2.45, 2.75) is 12.8 Å². The Morgan fingerprint density at radius 3 is 2.65 bits per heavy atom. The molecule has 0 spiro atoms. The third kappa shape index (κ3) is 3.49. The maximum Gasteiger partial charge on any atom is 0.573 e. The molecule has 6 nitrogen and oxygen atoms in total. The van der Waals surface area contributed by atoms with Crippen molar-refractivity contribution in [3.63, 3.8) is 0 Å². The Labute approximate surface area is 148 Å². The molecule has 4 aromatic rings. The summed E-state index contributed by atoms with van der Waals surface area (Å²) in [6, 6.07) is 5.64. The van der Waals surface area contributed by atoms with Crippen LogP contribution >= 0.6 is 11.3 Å².